The molecule has 0 aliphatic heterocycles. The summed E-state index contributed by atoms with van der Waals surface area (Å²) in [5.74, 6) is 0.148. The van der Waals surface area contributed by atoms with Gasteiger partial charge in [-0.25, -0.2) is 4.98 Å². The molecule has 0 aliphatic rings. The molecule has 28 heavy (non-hydrogen) atoms. The number of thiazole rings is 1. The summed E-state index contributed by atoms with van der Waals surface area (Å²) in [6, 6.07) is 10.8. The van der Waals surface area contributed by atoms with E-state index >= 15 is 0 Å². The van der Waals surface area contributed by atoms with Crippen LogP contribution in [0.3, 0.4) is 0 Å². The Kier molecular flexibility index (Phi) is 4.30. The third kappa shape index (κ3) is 3.43. The summed E-state index contributed by atoms with van der Waals surface area (Å²) in [5.41, 5.74) is 5.97. The normalized spacial score (nSPS) is 11.7. The second-order valence-electron chi connectivity index (χ2n) is 5.74. The lowest BCUT2D eigenvalue weighted by Crippen LogP contribution is -2.06. The van der Waals surface area contributed by atoms with Crippen LogP contribution in [0.25, 0.3) is 15.3 Å². The average molecular weight is 406 g/mol. The Balaban J connectivity index is 1.67. The van der Waals surface area contributed by atoms with Crippen molar-refractivity contribution in [3.8, 4) is 10.9 Å². The van der Waals surface area contributed by atoms with Gasteiger partial charge in [0.05, 0.1) is 22.9 Å². The third-order valence-corrected chi connectivity index (χ3v) is 4.83. The van der Waals surface area contributed by atoms with Crippen LogP contribution in [0.5, 0.6) is 5.75 Å². The van der Waals surface area contributed by atoms with Crippen molar-refractivity contribution in [2.75, 3.05) is 18.2 Å². The summed E-state index contributed by atoms with van der Waals surface area (Å²) in [5, 5.41) is 7.44. The molecule has 0 saturated heterocycles. The zero-order valence-corrected chi connectivity index (χ0v) is 15.2. The van der Waals surface area contributed by atoms with Crippen LogP contribution < -0.4 is 15.8 Å². The Morgan fingerprint density at radius 2 is 1.93 bits per heavy atom. The fraction of sp³-hybridized carbons (Fsp3) is 0.118. The Morgan fingerprint density at radius 3 is 2.64 bits per heavy atom. The standard InChI is InChI=1S/C17H13F3N6OS/c1-27-11-7-9(17(18,19)20)6-10(8-11)22-15-24-14(21)26(25-15)16-23-12-4-2-3-5-13(12)28-16/h2-8H,1H3,(H3,21,22,24,25). The van der Waals surface area contributed by atoms with Gasteiger partial charge in [-0.3, -0.25) is 0 Å². The topological polar surface area (TPSA) is 90.9 Å². The number of benzene rings is 2. The first-order valence-corrected chi connectivity index (χ1v) is 8.77. The molecule has 0 bridgehead atoms. The van der Waals surface area contributed by atoms with Crippen LogP contribution >= 0.6 is 11.3 Å². The molecule has 0 amide bonds. The molecule has 0 unspecified atom stereocenters. The van der Waals surface area contributed by atoms with E-state index in [1.54, 1.807) is 0 Å². The number of nitrogens with one attached hydrogen (secondary N) is 1. The number of fused-ring (bicyclic) bond motifs is 1. The number of para-hydroxylation sites is 1. The second-order valence-corrected chi connectivity index (χ2v) is 6.75. The number of anilines is 3. The average Bonchev–Trinajstić information content (AvgIpc) is 3.23. The fourth-order valence-corrected chi connectivity index (χ4v) is 3.48. The summed E-state index contributed by atoms with van der Waals surface area (Å²) >= 11 is 1.37. The highest BCUT2D eigenvalue weighted by molar-refractivity contribution is 7.20. The van der Waals surface area contributed by atoms with Crippen molar-refractivity contribution < 1.29 is 17.9 Å². The van der Waals surface area contributed by atoms with Crippen LogP contribution in [0.15, 0.2) is 42.5 Å². The van der Waals surface area contributed by atoms with E-state index in [4.69, 9.17) is 10.5 Å². The number of rotatable bonds is 4. The van der Waals surface area contributed by atoms with Gasteiger partial charge in [0.2, 0.25) is 17.0 Å². The number of nitrogens with zero attached hydrogens (tertiary/aromatic N) is 4. The molecule has 0 radical (unpaired) electrons. The van der Waals surface area contributed by atoms with Gasteiger partial charge in [-0.15, -0.1) is 5.10 Å². The molecule has 4 rings (SSSR count). The number of hydrogen-bond acceptors (Lipinski definition) is 7. The van der Waals surface area contributed by atoms with Gasteiger partial charge >= 0.3 is 6.18 Å². The zero-order valence-electron chi connectivity index (χ0n) is 14.4. The molecular weight excluding hydrogens is 393 g/mol. The molecule has 0 fully saturated rings. The molecule has 144 valence electrons. The molecule has 7 nitrogen and oxygen atoms in total. The number of methoxy groups -OCH3 is 1. The number of nitrogens with two attached hydrogens (primary N) is 1. The Bertz CT molecular complexity index is 1120. The quantitative estimate of drug-likeness (QED) is 0.527. The lowest BCUT2D eigenvalue weighted by atomic mass is 10.2. The van der Waals surface area contributed by atoms with Gasteiger partial charge in [0.25, 0.3) is 0 Å². The molecule has 0 atom stereocenters. The first-order chi connectivity index (χ1) is 13.3. The predicted molar refractivity (Wildman–Crippen MR) is 100 cm³/mol. The number of ether oxygens (including phenoxy) is 1. The van der Waals surface area contributed by atoms with Crippen LogP contribution in [0.4, 0.5) is 30.8 Å². The summed E-state index contributed by atoms with van der Waals surface area (Å²) in [7, 11) is 1.29. The minimum absolute atomic E-state index is 0.0399. The van der Waals surface area contributed by atoms with Gasteiger partial charge in [-0.2, -0.15) is 22.8 Å². The van der Waals surface area contributed by atoms with Crippen LogP contribution in [0.2, 0.25) is 0 Å². The molecule has 0 saturated carbocycles. The van der Waals surface area contributed by atoms with E-state index in [0.717, 1.165) is 22.3 Å². The van der Waals surface area contributed by atoms with Crippen molar-refractivity contribution in [3.05, 3.63) is 48.0 Å². The number of alkyl halides is 3. The van der Waals surface area contributed by atoms with Crippen LogP contribution in [0, 0.1) is 0 Å². The second kappa shape index (κ2) is 6.68. The van der Waals surface area contributed by atoms with Crippen molar-refractivity contribution in [1.29, 1.82) is 0 Å². The fourth-order valence-electron chi connectivity index (χ4n) is 2.55. The van der Waals surface area contributed by atoms with Crippen molar-refractivity contribution >= 4 is 39.1 Å². The summed E-state index contributed by atoms with van der Waals surface area (Å²) < 4.78 is 46.4. The number of halogens is 3. The number of nitrogen functional groups attached to an aromatic ring is 1. The van der Waals surface area contributed by atoms with E-state index in [1.165, 1.54) is 29.2 Å². The first-order valence-electron chi connectivity index (χ1n) is 7.95. The van der Waals surface area contributed by atoms with E-state index in [-0.39, 0.29) is 23.3 Å². The highest BCUT2D eigenvalue weighted by Crippen LogP contribution is 2.35. The lowest BCUT2D eigenvalue weighted by Gasteiger charge is -2.11. The Hall–Kier alpha value is -3.34. The molecule has 2 heterocycles. The number of aromatic nitrogens is 4. The molecule has 0 aliphatic carbocycles. The molecule has 2 aromatic carbocycles. The molecule has 3 N–H and O–H groups in total. The van der Waals surface area contributed by atoms with Crippen molar-refractivity contribution in [2.24, 2.45) is 0 Å². The van der Waals surface area contributed by atoms with Gasteiger partial charge < -0.3 is 15.8 Å². The summed E-state index contributed by atoms with van der Waals surface area (Å²) in [6.07, 6.45) is -4.52. The van der Waals surface area contributed by atoms with Gasteiger partial charge in [0, 0.05) is 11.8 Å². The van der Waals surface area contributed by atoms with E-state index < -0.39 is 11.7 Å². The Morgan fingerprint density at radius 1 is 1.14 bits per heavy atom. The SMILES string of the molecule is COc1cc(Nc2nc(N)n(-c3nc4ccccc4s3)n2)cc(C(F)(F)F)c1. The van der Waals surface area contributed by atoms with Gasteiger partial charge in [-0.05, 0) is 24.3 Å². The maximum absolute atomic E-state index is 13.1. The smallest absolute Gasteiger partial charge is 0.416 e. The first kappa shape index (κ1) is 18.0. The van der Waals surface area contributed by atoms with Gasteiger partial charge in [-0.1, -0.05) is 23.5 Å². The molecular formula is C17H13F3N6OS. The van der Waals surface area contributed by atoms with E-state index in [1.807, 2.05) is 24.3 Å². The van der Waals surface area contributed by atoms with E-state index in [9.17, 15) is 13.2 Å². The van der Waals surface area contributed by atoms with Crippen LogP contribution in [-0.4, -0.2) is 26.9 Å². The maximum atomic E-state index is 13.1. The summed E-state index contributed by atoms with van der Waals surface area (Å²) in [6.45, 7) is 0. The third-order valence-electron chi connectivity index (χ3n) is 3.82. The van der Waals surface area contributed by atoms with Gasteiger partial charge in [0.15, 0.2) is 0 Å². The molecule has 11 heteroatoms. The molecule has 4 aromatic rings. The molecule has 2 aromatic heterocycles. The number of hydrogen-bond donors (Lipinski definition) is 2. The zero-order chi connectivity index (χ0) is 19.9. The van der Waals surface area contributed by atoms with Crippen LogP contribution in [0.1, 0.15) is 5.56 Å². The Labute approximate surface area is 160 Å². The lowest BCUT2D eigenvalue weighted by molar-refractivity contribution is -0.137. The maximum Gasteiger partial charge on any atom is 0.416 e. The van der Waals surface area contributed by atoms with Crippen molar-refractivity contribution in [1.82, 2.24) is 19.7 Å². The minimum atomic E-state index is -4.52. The van der Waals surface area contributed by atoms with Crippen molar-refractivity contribution in [2.45, 2.75) is 6.18 Å². The van der Waals surface area contributed by atoms with E-state index in [2.05, 4.69) is 20.4 Å². The minimum Gasteiger partial charge on any atom is -0.497 e. The monoisotopic (exact) mass is 406 g/mol. The summed E-state index contributed by atoms with van der Waals surface area (Å²) in [4.78, 5) is 8.50. The molecule has 0 spiro atoms. The largest absolute Gasteiger partial charge is 0.497 e. The highest BCUT2D eigenvalue weighted by atomic mass is 32.1. The van der Waals surface area contributed by atoms with Crippen LogP contribution in [-0.2, 0) is 6.18 Å². The predicted octanol–water partition coefficient (Wildman–Crippen LogP) is 4.23. The van der Waals surface area contributed by atoms with E-state index in [0.29, 0.717) is 5.13 Å². The highest BCUT2D eigenvalue weighted by Gasteiger charge is 2.31. The van der Waals surface area contributed by atoms with Crippen molar-refractivity contribution in [3.63, 3.8) is 0 Å². The van der Waals surface area contributed by atoms with Gasteiger partial charge in [0.1, 0.15) is 5.75 Å².